The molecule has 0 aliphatic rings. The number of hydrogen-bond acceptors (Lipinski definition) is 4. The van der Waals surface area contributed by atoms with Crippen molar-refractivity contribution in [3.63, 3.8) is 0 Å². The third kappa shape index (κ3) is 6.08. The molecule has 9 heteroatoms. The zero-order valence-electron chi connectivity index (χ0n) is 32.7. The summed E-state index contributed by atoms with van der Waals surface area (Å²) in [6, 6.07) is 60.9. The van der Waals surface area contributed by atoms with Crippen LogP contribution in [0.25, 0.3) is 100 Å². The third-order valence-electron chi connectivity index (χ3n) is 11.5. The maximum atomic E-state index is 14.7. The molecule has 3 heterocycles. The number of halogens is 3. The van der Waals surface area contributed by atoms with E-state index in [1.807, 2.05) is 132 Å². The van der Waals surface area contributed by atoms with Gasteiger partial charge in [-0.05, 0) is 77.9 Å². The quantitative estimate of drug-likeness (QED) is 0.168. The van der Waals surface area contributed by atoms with E-state index in [0.717, 1.165) is 72.1 Å². The van der Waals surface area contributed by atoms with Crippen molar-refractivity contribution in [3.05, 3.63) is 199 Å². The Labute approximate surface area is 353 Å². The van der Waals surface area contributed by atoms with Crippen LogP contribution in [0.15, 0.2) is 188 Å². The van der Waals surface area contributed by atoms with Crippen molar-refractivity contribution < 1.29 is 13.2 Å². The second-order valence-corrected chi connectivity index (χ2v) is 15.1. The van der Waals surface area contributed by atoms with Crippen LogP contribution in [0, 0.1) is 11.3 Å². The van der Waals surface area contributed by atoms with Crippen LogP contribution >= 0.6 is 0 Å². The van der Waals surface area contributed by atoms with E-state index >= 15 is 0 Å². The zero-order valence-corrected chi connectivity index (χ0v) is 32.7. The highest BCUT2D eigenvalue weighted by Crippen LogP contribution is 2.42. The van der Waals surface area contributed by atoms with Crippen LogP contribution in [0.2, 0.25) is 0 Å². The first-order valence-electron chi connectivity index (χ1n) is 20.0. The van der Waals surface area contributed by atoms with Crippen molar-refractivity contribution in [2.45, 2.75) is 6.18 Å². The second-order valence-electron chi connectivity index (χ2n) is 15.1. The summed E-state index contributed by atoms with van der Waals surface area (Å²) in [5, 5.41) is 13.5. The maximum absolute atomic E-state index is 14.7. The molecule has 11 rings (SSSR count). The van der Waals surface area contributed by atoms with Gasteiger partial charge in [-0.1, -0.05) is 121 Å². The Hall–Kier alpha value is -8.35. The number of alkyl halides is 3. The molecule has 0 spiro atoms. The van der Waals surface area contributed by atoms with Crippen molar-refractivity contribution >= 4 is 43.6 Å². The lowest BCUT2D eigenvalue weighted by molar-refractivity contribution is -0.137. The van der Waals surface area contributed by atoms with Crippen LogP contribution in [0.5, 0.6) is 0 Å². The highest BCUT2D eigenvalue weighted by Gasteiger charge is 2.32. The number of nitrogens with zero attached hydrogens (tertiary/aromatic N) is 6. The Kier molecular flexibility index (Phi) is 8.55. The van der Waals surface area contributed by atoms with Crippen LogP contribution in [0.4, 0.5) is 13.2 Å². The molecule has 62 heavy (non-hydrogen) atoms. The summed E-state index contributed by atoms with van der Waals surface area (Å²) < 4.78 is 48.1. The van der Waals surface area contributed by atoms with E-state index in [1.54, 1.807) is 12.1 Å². The Morgan fingerprint density at radius 1 is 0.403 bits per heavy atom. The van der Waals surface area contributed by atoms with Gasteiger partial charge in [-0.15, -0.1) is 0 Å². The van der Waals surface area contributed by atoms with E-state index in [9.17, 15) is 18.4 Å². The number of aromatic nitrogens is 5. The molecule has 0 atom stereocenters. The Morgan fingerprint density at radius 2 is 0.823 bits per heavy atom. The molecule has 0 amide bonds. The van der Waals surface area contributed by atoms with Crippen molar-refractivity contribution in [2.24, 2.45) is 0 Å². The van der Waals surface area contributed by atoms with E-state index in [1.165, 1.54) is 12.1 Å². The summed E-state index contributed by atoms with van der Waals surface area (Å²) in [5.74, 6) is 0.914. The molecule has 0 N–H and O–H groups in total. The average Bonchev–Trinajstić information content (AvgIpc) is 3.84. The number of rotatable bonds is 6. The lowest BCUT2D eigenvalue weighted by Gasteiger charge is -2.18. The second kappa shape index (κ2) is 14.4. The Bertz CT molecular complexity index is 3470. The summed E-state index contributed by atoms with van der Waals surface area (Å²) in [7, 11) is 0. The molecule has 0 saturated heterocycles. The summed E-state index contributed by atoms with van der Waals surface area (Å²) in [6.45, 7) is 0. The number of benzene rings is 8. The minimum atomic E-state index is -4.61. The summed E-state index contributed by atoms with van der Waals surface area (Å²) >= 11 is 0. The van der Waals surface area contributed by atoms with E-state index in [2.05, 4.69) is 41.0 Å². The Balaban J connectivity index is 1.22. The van der Waals surface area contributed by atoms with Crippen LogP contribution in [-0.2, 0) is 6.18 Å². The average molecular weight is 809 g/mol. The predicted molar refractivity (Wildman–Crippen MR) is 240 cm³/mol. The molecular formula is C53H31F3N6. The lowest BCUT2D eigenvalue weighted by atomic mass is 10.00. The van der Waals surface area contributed by atoms with Crippen molar-refractivity contribution in [1.82, 2.24) is 24.1 Å². The van der Waals surface area contributed by atoms with Crippen molar-refractivity contribution in [3.8, 4) is 62.7 Å². The highest BCUT2D eigenvalue weighted by atomic mass is 19.4. The van der Waals surface area contributed by atoms with Gasteiger partial charge in [-0.3, -0.25) is 0 Å². The molecule has 0 aliphatic heterocycles. The first kappa shape index (κ1) is 36.7. The normalized spacial score (nSPS) is 11.8. The number of hydrogen-bond donors (Lipinski definition) is 0. The van der Waals surface area contributed by atoms with Gasteiger partial charge in [0.25, 0.3) is 0 Å². The Morgan fingerprint density at radius 3 is 1.31 bits per heavy atom. The van der Waals surface area contributed by atoms with Crippen molar-refractivity contribution in [2.75, 3.05) is 0 Å². The van der Waals surface area contributed by atoms with E-state index < -0.39 is 11.7 Å². The minimum Gasteiger partial charge on any atom is -0.308 e. The molecule has 0 unspecified atom stereocenters. The maximum Gasteiger partial charge on any atom is 0.416 e. The highest BCUT2D eigenvalue weighted by molar-refractivity contribution is 6.11. The first-order chi connectivity index (χ1) is 30.3. The minimum absolute atomic E-state index is 0.212. The standard InChI is InChI=1S/C53H31F3N6/c54-53(55,56)37-27-29-43(49(31-37)62-46-20-10-6-16-40(46)41-17-7-11-21-47(41)62)52-59-50(35-12-2-1-3-13-35)58-51(60-52)42-28-26-36(34-24-22-33(32-57)23-25-34)30-48(42)61-44-18-8-4-14-38(44)39-15-5-9-19-45(39)61/h1-31H. The van der Waals surface area contributed by atoms with Gasteiger partial charge in [0.2, 0.25) is 0 Å². The fourth-order valence-electron chi connectivity index (χ4n) is 8.60. The fourth-order valence-corrected chi connectivity index (χ4v) is 8.60. The molecular weight excluding hydrogens is 778 g/mol. The fraction of sp³-hybridized carbons (Fsp3) is 0.0189. The van der Waals surface area contributed by atoms with Crippen LogP contribution in [0.1, 0.15) is 11.1 Å². The number of nitriles is 1. The molecule has 0 aliphatic carbocycles. The monoisotopic (exact) mass is 808 g/mol. The molecule has 0 bridgehead atoms. The van der Waals surface area contributed by atoms with Crippen molar-refractivity contribution in [1.29, 1.82) is 5.26 Å². The van der Waals surface area contributed by atoms with Crippen LogP contribution < -0.4 is 0 Å². The molecule has 0 fully saturated rings. The van der Waals surface area contributed by atoms with Gasteiger partial charge in [-0.25, -0.2) is 15.0 Å². The zero-order chi connectivity index (χ0) is 42.0. The van der Waals surface area contributed by atoms with Crippen LogP contribution in [-0.4, -0.2) is 24.1 Å². The molecule has 8 aromatic carbocycles. The molecule has 6 nitrogen and oxygen atoms in total. The summed E-state index contributed by atoms with van der Waals surface area (Å²) in [5.41, 5.74) is 7.91. The van der Waals surface area contributed by atoms with Gasteiger partial charge in [0.1, 0.15) is 0 Å². The number of fused-ring (bicyclic) bond motifs is 6. The van der Waals surface area contributed by atoms with Gasteiger partial charge in [0, 0.05) is 38.2 Å². The lowest BCUT2D eigenvalue weighted by Crippen LogP contribution is -2.09. The number of para-hydroxylation sites is 4. The largest absolute Gasteiger partial charge is 0.416 e. The van der Waals surface area contributed by atoms with Gasteiger partial charge in [-0.2, -0.15) is 18.4 Å². The SMILES string of the molecule is N#Cc1ccc(-c2ccc(-c3nc(-c4ccccc4)nc(-c4ccc(C(F)(F)F)cc4-n4c5ccccc5c5ccccc54)n3)c(-n3c4ccccc4c4ccccc43)c2)cc1. The summed E-state index contributed by atoms with van der Waals surface area (Å²) in [6.07, 6.45) is -4.61. The first-order valence-corrected chi connectivity index (χ1v) is 20.0. The van der Waals surface area contributed by atoms with Gasteiger partial charge >= 0.3 is 6.18 Å². The van der Waals surface area contributed by atoms with Gasteiger partial charge < -0.3 is 9.13 Å². The van der Waals surface area contributed by atoms with E-state index in [4.69, 9.17) is 15.0 Å². The van der Waals surface area contributed by atoms with Gasteiger partial charge in [0.15, 0.2) is 17.5 Å². The van der Waals surface area contributed by atoms with E-state index in [0.29, 0.717) is 28.3 Å². The smallest absolute Gasteiger partial charge is 0.308 e. The molecule has 3 aromatic heterocycles. The topological polar surface area (TPSA) is 72.3 Å². The summed E-state index contributed by atoms with van der Waals surface area (Å²) in [4.78, 5) is 15.4. The molecule has 0 saturated carbocycles. The molecule has 294 valence electrons. The predicted octanol–water partition coefficient (Wildman–Crippen LogP) is 13.6. The molecule has 11 aromatic rings. The third-order valence-corrected chi connectivity index (χ3v) is 11.5. The van der Waals surface area contributed by atoms with Gasteiger partial charge in [0.05, 0.1) is 50.6 Å². The molecule has 0 radical (unpaired) electrons. The van der Waals surface area contributed by atoms with Crippen LogP contribution in [0.3, 0.4) is 0 Å². The van der Waals surface area contributed by atoms with E-state index in [-0.39, 0.29) is 11.5 Å².